The first kappa shape index (κ1) is 12.8. The Bertz CT molecular complexity index is 636. The number of imidazole rings is 1. The van der Waals surface area contributed by atoms with Crippen molar-refractivity contribution in [3.05, 3.63) is 30.0 Å². The second kappa shape index (κ2) is 5.03. The molecule has 1 aliphatic rings. The molecule has 0 saturated carbocycles. The second-order valence-corrected chi connectivity index (χ2v) is 5.11. The van der Waals surface area contributed by atoms with E-state index in [1.165, 1.54) is 0 Å². The number of rotatable bonds is 2. The third-order valence-corrected chi connectivity index (χ3v) is 3.60. The van der Waals surface area contributed by atoms with Crippen molar-refractivity contribution in [3.63, 3.8) is 0 Å². The summed E-state index contributed by atoms with van der Waals surface area (Å²) >= 11 is 0. The van der Waals surface area contributed by atoms with E-state index in [2.05, 4.69) is 19.9 Å². The Labute approximate surface area is 117 Å². The predicted molar refractivity (Wildman–Crippen MR) is 73.7 cm³/mol. The number of nitrogens with zero attached hydrogens (tertiary/aromatic N) is 4. The van der Waals surface area contributed by atoms with E-state index in [-0.39, 0.29) is 11.9 Å². The van der Waals surface area contributed by atoms with Gasteiger partial charge in [0.25, 0.3) is 0 Å². The van der Waals surface area contributed by atoms with Crippen LogP contribution in [0.2, 0.25) is 0 Å². The molecule has 0 bridgehead atoms. The fourth-order valence-electron chi connectivity index (χ4n) is 2.65. The van der Waals surface area contributed by atoms with E-state index in [0.717, 1.165) is 30.8 Å². The van der Waals surface area contributed by atoms with Gasteiger partial charge in [-0.25, -0.2) is 9.97 Å². The number of aromatic amines is 1. The zero-order valence-electron chi connectivity index (χ0n) is 11.6. The van der Waals surface area contributed by atoms with E-state index in [4.69, 9.17) is 0 Å². The zero-order chi connectivity index (χ0) is 14.1. The van der Waals surface area contributed by atoms with Crippen molar-refractivity contribution >= 4 is 5.91 Å². The van der Waals surface area contributed by atoms with Gasteiger partial charge in [-0.15, -0.1) is 0 Å². The minimum Gasteiger partial charge on any atom is -0.341 e. The number of hydrogen-bond acceptors (Lipinski definition) is 4. The zero-order valence-corrected chi connectivity index (χ0v) is 11.6. The Balaban J connectivity index is 1.93. The lowest BCUT2D eigenvalue weighted by molar-refractivity contribution is -0.129. The fraction of sp³-hybridized carbons (Fsp3) is 0.429. The van der Waals surface area contributed by atoms with Crippen LogP contribution < -0.4 is 0 Å². The number of nitrogens with one attached hydrogen (secondary N) is 1. The highest BCUT2D eigenvalue weighted by molar-refractivity contribution is 5.74. The van der Waals surface area contributed by atoms with Crippen LogP contribution in [0.5, 0.6) is 0 Å². The molecular weight excluding hydrogens is 254 g/mol. The molecule has 0 spiro atoms. The minimum atomic E-state index is 0.0380. The molecule has 0 unspecified atom stereocenters. The number of hydrogen-bond donors (Lipinski definition) is 1. The Morgan fingerprint density at radius 1 is 1.40 bits per heavy atom. The van der Waals surface area contributed by atoms with Gasteiger partial charge in [0.15, 0.2) is 5.82 Å². The van der Waals surface area contributed by atoms with Gasteiger partial charge in [-0.05, 0) is 19.8 Å². The normalized spacial score (nSPS) is 18.5. The SMILES string of the molecule is CC(=O)N1CCC[C@@H]1c1cncc(-c2ncc(C)[nH]2)n1. The van der Waals surface area contributed by atoms with E-state index < -0.39 is 0 Å². The molecule has 3 rings (SSSR count). The largest absolute Gasteiger partial charge is 0.341 e. The van der Waals surface area contributed by atoms with Crippen LogP contribution in [-0.4, -0.2) is 37.3 Å². The summed E-state index contributed by atoms with van der Waals surface area (Å²) in [5.74, 6) is 0.803. The quantitative estimate of drug-likeness (QED) is 0.904. The number of carbonyl (C=O) groups is 1. The third-order valence-electron chi connectivity index (χ3n) is 3.60. The number of H-pyrrole nitrogens is 1. The van der Waals surface area contributed by atoms with Gasteiger partial charge in [0.2, 0.25) is 5.91 Å². The minimum absolute atomic E-state index is 0.0380. The van der Waals surface area contributed by atoms with E-state index in [1.807, 2.05) is 11.8 Å². The van der Waals surface area contributed by atoms with Crippen LogP contribution in [0, 0.1) is 6.92 Å². The summed E-state index contributed by atoms with van der Waals surface area (Å²) in [7, 11) is 0. The van der Waals surface area contributed by atoms with Crippen molar-refractivity contribution < 1.29 is 4.79 Å². The van der Waals surface area contributed by atoms with Crippen LogP contribution in [0.3, 0.4) is 0 Å². The standard InChI is InChI=1S/C14H17N5O/c1-9-6-16-14(17-9)12-8-15-7-11(18-12)13-4-3-5-19(13)10(2)20/h6-8,13H,3-5H2,1-2H3,(H,16,17)/t13-/m1/s1. The molecule has 1 aliphatic heterocycles. The van der Waals surface area contributed by atoms with E-state index >= 15 is 0 Å². The molecule has 0 aliphatic carbocycles. The van der Waals surface area contributed by atoms with Gasteiger partial charge < -0.3 is 9.88 Å². The van der Waals surface area contributed by atoms with Gasteiger partial charge in [0, 0.05) is 25.4 Å². The maximum atomic E-state index is 11.6. The van der Waals surface area contributed by atoms with Crippen LogP contribution in [0.25, 0.3) is 11.5 Å². The van der Waals surface area contributed by atoms with Crippen molar-refractivity contribution in [2.24, 2.45) is 0 Å². The molecule has 6 nitrogen and oxygen atoms in total. The molecular formula is C14H17N5O. The molecule has 20 heavy (non-hydrogen) atoms. The van der Waals surface area contributed by atoms with Crippen LogP contribution >= 0.6 is 0 Å². The van der Waals surface area contributed by atoms with Gasteiger partial charge in [0.05, 0.1) is 24.1 Å². The van der Waals surface area contributed by atoms with Crippen molar-refractivity contribution in [1.82, 2.24) is 24.8 Å². The van der Waals surface area contributed by atoms with Crippen LogP contribution in [0.15, 0.2) is 18.6 Å². The van der Waals surface area contributed by atoms with E-state index in [9.17, 15) is 4.79 Å². The monoisotopic (exact) mass is 271 g/mol. The molecule has 2 aromatic rings. The predicted octanol–water partition coefficient (Wildman–Crippen LogP) is 1.86. The lowest BCUT2D eigenvalue weighted by Crippen LogP contribution is -2.28. The van der Waals surface area contributed by atoms with Crippen molar-refractivity contribution in [2.45, 2.75) is 32.7 Å². The van der Waals surface area contributed by atoms with Gasteiger partial charge in [0.1, 0.15) is 5.69 Å². The smallest absolute Gasteiger partial charge is 0.220 e. The Morgan fingerprint density at radius 2 is 2.25 bits per heavy atom. The summed E-state index contributed by atoms with van der Waals surface area (Å²) in [6.07, 6.45) is 7.14. The molecule has 104 valence electrons. The number of likely N-dealkylation sites (tertiary alicyclic amines) is 1. The highest BCUT2D eigenvalue weighted by Crippen LogP contribution is 2.31. The van der Waals surface area contributed by atoms with Crippen molar-refractivity contribution in [3.8, 4) is 11.5 Å². The van der Waals surface area contributed by atoms with E-state index in [0.29, 0.717) is 11.5 Å². The molecule has 1 amide bonds. The Morgan fingerprint density at radius 3 is 2.95 bits per heavy atom. The molecule has 1 fully saturated rings. The average Bonchev–Trinajstić information content (AvgIpc) is 3.07. The second-order valence-electron chi connectivity index (χ2n) is 5.11. The molecule has 1 N–H and O–H groups in total. The average molecular weight is 271 g/mol. The van der Waals surface area contributed by atoms with E-state index in [1.54, 1.807) is 25.5 Å². The van der Waals surface area contributed by atoms with Gasteiger partial charge in [-0.1, -0.05) is 0 Å². The maximum absolute atomic E-state index is 11.6. The number of carbonyl (C=O) groups excluding carboxylic acids is 1. The summed E-state index contributed by atoms with van der Waals surface area (Å²) < 4.78 is 0. The maximum Gasteiger partial charge on any atom is 0.220 e. The highest BCUT2D eigenvalue weighted by atomic mass is 16.2. The summed E-state index contributed by atoms with van der Waals surface area (Å²) in [6, 6.07) is 0.0380. The van der Waals surface area contributed by atoms with Crippen molar-refractivity contribution in [1.29, 1.82) is 0 Å². The van der Waals surface area contributed by atoms with Crippen LogP contribution in [0.1, 0.15) is 37.2 Å². The molecule has 0 radical (unpaired) electrons. The topological polar surface area (TPSA) is 74.8 Å². The van der Waals surface area contributed by atoms with Crippen molar-refractivity contribution in [2.75, 3.05) is 6.54 Å². The highest BCUT2D eigenvalue weighted by Gasteiger charge is 2.29. The lowest BCUT2D eigenvalue weighted by atomic mass is 10.1. The Kier molecular flexibility index (Phi) is 3.22. The lowest BCUT2D eigenvalue weighted by Gasteiger charge is -2.22. The van der Waals surface area contributed by atoms with Crippen LogP contribution in [0.4, 0.5) is 0 Å². The van der Waals surface area contributed by atoms with Gasteiger partial charge >= 0.3 is 0 Å². The Hall–Kier alpha value is -2.24. The molecule has 2 aromatic heterocycles. The summed E-state index contributed by atoms with van der Waals surface area (Å²) in [4.78, 5) is 29.8. The first-order valence-electron chi connectivity index (χ1n) is 6.76. The van der Waals surface area contributed by atoms with Crippen LogP contribution in [-0.2, 0) is 4.79 Å². The number of aromatic nitrogens is 4. The summed E-state index contributed by atoms with van der Waals surface area (Å²) in [5, 5.41) is 0. The number of aryl methyl sites for hydroxylation is 1. The number of amides is 1. The molecule has 6 heteroatoms. The molecule has 1 saturated heterocycles. The third kappa shape index (κ3) is 2.29. The summed E-state index contributed by atoms with van der Waals surface area (Å²) in [5.41, 5.74) is 2.54. The van der Waals surface area contributed by atoms with Gasteiger partial charge in [-0.2, -0.15) is 0 Å². The summed E-state index contributed by atoms with van der Waals surface area (Å²) in [6.45, 7) is 4.35. The molecule has 0 aromatic carbocycles. The van der Waals surface area contributed by atoms with Gasteiger partial charge in [-0.3, -0.25) is 9.78 Å². The molecule has 3 heterocycles. The fourth-order valence-corrected chi connectivity index (χ4v) is 2.65. The first-order chi connectivity index (χ1) is 9.65. The first-order valence-corrected chi connectivity index (χ1v) is 6.76. The molecule has 1 atom stereocenters.